The van der Waals surface area contributed by atoms with E-state index in [4.69, 9.17) is 29.4 Å². The van der Waals surface area contributed by atoms with Gasteiger partial charge in [0.05, 0.1) is 19.8 Å². The van der Waals surface area contributed by atoms with Gasteiger partial charge in [0.1, 0.15) is 37.2 Å². The van der Waals surface area contributed by atoms with E-state index in [0.717, 1.165) is 42.7 Å². The van der Waals surface area contributed by atoms with Crippen LogP contribution in [0.3, 0.4) is 0 Å². The molecule has 10 atom stereocenters. The van der Waals surface area contributed by atoms with Gasteiger partial charge in [0.2, 0.25) is 17.7 Å². The lowest BCUT2D eigenvalue weighted by Gasteiger charge is -2.58. The average molecular weight is 1070 g/mol. The standard InChI is InChI=1S/C59H87N7O11/c1-37(2)13-11-14-39(5)45-22-23-46-51-47(25-27-59(45,46)7)58(6)26-24-44(33-41(58)34-48(51)60)76-56(71)63-29-30-73-31-32-74-36-50(67)66-52(38(3)4)54(69)65-49(17-12-28-62-55(61)70)53(68)64-42-20-18-40(19-21-42)35-75-57(72)77-43-15-9-8-10-16-43/h8-10,15-16,18-21,34,37-39,44-47,49,51-52,60H,11-14,17,22-33,35-36H2,1-7H3,(H,63,71)(H,64,68)(H,65,69)(H,66,67)(H3,61,62,70)/t39?,44-,45+,46-,47-,49?,51?,52-,58-,59+/m0/s1. The number of benzene rings is 2. The summed E-state index contributed by atoms with van der Waals surface area (Å²) in [6, 6.07) is 12.3. The fourth-order valence-electron chi connectivity index (χ4n) is 12.8. The van der Waals surface area contributed by atoms with Gasteiger partial charge >= 0.3 is 18.3 Å². The summed E-state index contributed by atoms with van der Waals surface area (Å²) in [5.74, 6) is 1.86. The molecule has 6 rings (SSSR count). The van der Waals surface area contributed by atoms with E-state index in [-0.39, 0.29) is 70.0 Å². The van der Waals surface area contributed by atoms with Crippen molar-refractivity contribution < 1.29 is 52.5 Å². The van der Waals surface area contributed by atoms with Crippen molar-refractivity contribution in [2.75, 3.05) is 44.8 Å². The summed E-state index contributed by atoms with van der Waals surface area (Å²) in [5, 5.41) is 22.9. The van der Waals surface area contributed by atoms with Gasteiger partial charge in [-0.3, -0.25) is 14.4 Å². The lowest BCUT2D eigenvalue weighted by atomic mass is 9.46. The fraction of sp³-hybridized carbons (Fsp3) is 0.644. The van der Waals surface area contributed by atoms with Gasteiger partial charge in [-0.05, 0) is 134 Å². The molecule has 18 nitrogen and oxygen atoms in total. The van der Waals surface area contributed by atoms with Gasteiger partial charge < -0.3 is 61.4 Å². The van der Waals surface area contributed by atoms with E-state index in [2.05, 4.69) is 67.3 Å². The molecule has 4 aliphatic carbocycles. The molecule has 0 saturated heterocycles. The largest absolute Gasteiger partial charge is 0.514 e. The maximum atomic E-state index is 13.6. The Hall–Kier alpha value is -6.01. The first-order valence-corrected chi connectivity index (χ1v) is 28.1. The second-order valence-corrected chi connectivity index (χ2v) is 23.1. The number of fused-ring (bicyclic) bond motifs is 5. The Labute approximate surface area is 455 Å². The van der Waals surface area contributed by atoms with Crippen molar-refractivity contribution in [2.24, 2.45) is 58.0 Å². The third-order valence-electron chi connectivity index (χ3n) is 16.9. The van der Waals surface area contributed by atoms with Crippen LogP contribution in [0.4, 0.5) is 20.1 Å². The summed E-state index contributed by atoms with van der Waals surface area (Å²) in [5.41, 5.74) is 8.62. The van der Waals surface area contributed by atoms with E-state index >= 15 is 0 Å². The second-order valence-electron chi connectivity index (χ2n) is 23.1. The van der Waals surface area contributed by atoms with Gasteiger partial charge in [-0.25, -0.2) is 14.4 Å². The molecule has 0 spiro atoms. The molecule has 0 heterocycles. The van der Waals surface area contributed by atoms with E-state index in [0.29, 0.717) is 53.0 Å². The lowest BCUT2D eigenvalue weighted by molar-refractivity contribution is -0.134. The third-order valence-corrected chi connectivity index (χ3v) is 16.9. The van der Waals surface area contributed by atoms with Crippen LogP contribution < -0.4 is 37.1 Å². The molecule has 2 aromatic rings. The smallest absolute Gasteiger partial charge is 0.446 e. The zero-order valence-corrected chi connectivity index (χ0v) is 46.6. The number of urea groups is 1. The fourth-order valence-corrected chi connectivity index (χ4v) is 12.8. The molecule has 3 saturated carbocycles. The highest BCUT2D eigenvalue weighted by Gasteiger charge is 2.60. The summed E-state index contributed by atoms with van der Waals surface area (Å²) < 4.78 is 27.4. The highest BCUT2D eigenvalue weighted by molar-refractivity contribution is 5.99. The second kappa shape index (κ2) is 28.6. The average Bonchev–Trinajstić information content (AvgIpc) is 3.78. The number of rotatable bonds is 27. The van der Waals surface area contributed by atoms with Crippen molar-refractivity contribution in [3.05, 3.63) is 71.8 Å². The summed E-state index contributed by atoms with van der Waals surface area (Å²) in [6.45, 7) is 16.0. The molecule has 4 aliphatic rings. The topological polar surface area (TPSA) is 259 Å². The Morgan fingerprint density at radius 1 is 0.766 bits per heavy atom. The number of hydrogen-bond donors (Lipinski definition) is 7. The molecule has 77 heavy (non-hydrogen) atoms. The molecule has 0 radical (unpaired) electrons. The molecule has 8 N–H and O–H groups in total. The first kappa shape index (κ1) is 60.2. The highest BCUT2D eigenvalue weighted by Crippen LogP contribution is 2.67. The van der Waals surface area contributed by atoms with Crippen LogP contribution in [0.15, 0.2) is 66.2 Å². The number of nitrogens with two attached hydrogens (primary N) is 1. The van der Waals surface area contributed by atoms with Gasteiger partial charge in [0, 0.05) is 36.8 Å². The molecular formula is C59H87N7O11. The number of carbonyl (C=O) groups is 6. The van der Waals surface area contributed by atoms with Gasteiger partial charge in [0.25, 0.3) is 0 Å². The number of hydrogen-bond acceptors (Lipinski definition) is 12. The van der Waals surface area contributed by atoms with Crippen molar-refractivity contribution >= 4 is 47.4 Å². The number of primary amides is 1. The molecular weight excluding hydrogens is 983 g/mol. The monoisotopic (exact) mass is 1070 g/mol. The number of para-hydroxylation sites is 1. The van der Waals surface area contributed by atoms with Crippen LogP contribution in [-0.2, 0) is 39.9 Å². The van der Waals surface area contributed by atoms with Gasteiger partial charge in [-0.1, -0.05) is 104 Å². The number of anilines is 1. The van der Waals surface area contributed by atoms with E-state index in [1.807, 2.05) is 0 Å². The van der Waals surface area contributed by atoms with Crippen LogP contribution in [0, 0.1) is 57.7 Å². The highest BCUT2D eigenvalue weighted by atomic mass is 16.7. The van der Waals surface area contributed by atoms with Crippen molar-refractivity contribution in [3.63, 3.8) is 0 Å². The van der Waals surface area contributed by atoms with Crippen LogP contribution in [-0.4, -0.2) is 99.4 Å². The first-order valence-electron chi connectivity index (χ1n) is 28.1. The normalized spacial score (nSPS) is 24.7. The number of nitrogens with one attached hydrogen (secondary N) is 6. The number of amides is 6. The van der Waals surface area contributed by atoms with E-state index in [9.17, 15) is 34.2 Å². The van der Waals surface area contributed by atoms with Gasteiger partial charge in [-0.15, -0.1) is 0 Å². The Morgan fingerprint density at radius 2 is 1.51 bits per heavy atom. The zero-order valence-electron chi connectivity index (χ0n) is 46.6. The Bertz CT molecular complexity index is 2350. The number of alkyl carbamates (subject to hydrolysis) is 1. The third kappa shape index (κ3) is 17.0. The minimum absolute atomic E-state index is 0.0205. The van der Waals surface area contributed by atoms with E-state index < -0.39 is 48.1 Å². The quantitative estimate of drug-likeness (QED) is 0.0252. The number of carbonyl (C=O) groups excluding carboxylic acids is 6. The van der Waals surface area contributed by atoms with E-state index in [1.165, 1.54) is 44.1 Å². The molecule has 18 heteroatoms. The predicted octanol–water partition coefficient (Wildman–Crippen LogP) is 9.21. The van der Waals surface area contributed by atoms with Crippen LogP contribution in [0.1, 0.15) is 131 Å². The van der Waals surface area contributed by atoms with Crippen molar-refractivity contribution in [1.82, 2.24) is 21.3 Å². The summed E-state index contributed by atoms with van der Waals surface area (Å²) in [7, 11) is 0. The Balaban J connectivity index is 0.872. The molecule has 3 fully saturated rings. The van der Waals surface area contributed by atoms with Crippen molar-refractivity contribution in [3.8, 4) is 5.75 Å². The Kier molecular flexibility index (Phi) is 22.3. The Morgan fingerprint density at radius 3 is 2.22 bits per heavy atom. The molecule has 3 unspecified atom stereocenters. The first-order chi connectivity index (χ1) is 36.8. The predicted molar refractivity (Wildman–Crippen MR) is 294 cm³/mol. The molecule has 6 amide bonds. The molecule has 2 aromatic carbocycles. The van der Waals surface area contributed by atoms with Crippen LogP contribution in [0.5, 0.6) is 5.75 Å². The van der Waals surface area contributed by atoms with E-state index in [1.54, 1.807) is 68.4 Å². The van der Waals surface area contributed by atoms with Crippen LogP contribution >= 0.6 is 0 Å². The van der Waals surface area contributed by atoms with Crippen molar-refractivity contribution in [2.45, 2.75) is 150 Å². The SMILES string of the molecule is CC(C)CCCC(C)[C@H]1CC[C@H]2C3C(=N)C=C4C[C@@H](OC(=O)NCCOCCOCC(=O)N[C@H](C(=O)NC(CCCNC(N)=O)C(=O)Nc5ccc(COC(=O)Oc6ccccc6)cc5)C(C)C)CC[C@]4(C)[C@H]3CC[C@]12C. The van der Waals surface area contributed by atoms with Gasteiger partial charge in [0.15, 0.2) is 0 Å². The molecule has 0 aliphatic heterocycles. The van der Waals surface area contributed by atoms with Gasteiger partial charge in [-0.2, -0.15) is 0 Å². The molecule has 424 valence electrons. The number of ether oxygens (including phenoxy) is 5. The number of allylic oxidation sites excluding steroid dienone is 1. The maximum Gasteiger partial charge on any atom is 0.514 e. The van der Waals surface area contributed by atoms with Crippen LogP contribution in [0.25, 0.3) is 0 Å². The van der Waals surface area contributed by atoms with Crippen molar-refractivity contribution in [1.29, 1.82) is 5.41 Å². The zero-order chi connectivity index (χ0) is 55.7. The molecule has 0 bridgehead atoms. The minimum Gasteiger partial charge on any atom is -0.446 e. The minimum atomic E-state index is -1.05. The summed E-state index contributed by atoms with van der Waals surface area (Å²) >= 11 is 0. The van der Waals surface area contributed by atoms with Crippen LogP contribution in [0.2, 0.25) is 0 Å². The maximum absolute atomic E-state index is 13.6. The lowest BCUT2D eigenvalue weighted by Crippen LogP contribution is -2.55. The molecule has 0 aromatic heterocycles. The summed E-state index contributed by atoms with van der Waals surface area (Å²) in [6.07, 6.45) is 12.2. The summed E-state index contributed by atoms with van der Waals surface area (Å²) in [4.78, 5) is 76.4.